The van der Waals surface area contributed by atoms with Crippen molar-refractivity contribution in [2.24, 2.45) is 23.5 Å². The number of Topliss-reactive ketones (excluding diaryl/α,β-unsaturated/α-hetero) is 2. The number of carboxylic acid groups (broad SMARTS) is 2. The highest BCUT2D eigenvalue weighted by Gasteiger charge is 2.53. The minimum absolute atomic E-state index is 0.0432. The topological polar surface area (TPSA) is 527 Å². The van der Waals surface area contributed by atoms with Crippen LogP contribution in [0.15, 0.2) is 133 Å². The summed E-state index contributed by atoms with van der Waals surface area (Å²) in [4.78, 5) is 131. The smallest absolute Gasteiger partial charge is 0.334 e. The fourth-order valence-electron chi connectivity index (χ4n) is 15.4. The molecule has 2 fully saturated rings. The quantitative estimate of drug-likeness (QED) is 0.0410. The number of primary amides is 1. The lowest BCUT2D eigenvalue weighted by Gasteiger charge is -2.48. The van der Waals surface area contributed by atoms with Gasteiger partial charge in [0.15, 0.2) is 47.6 Å². The number of aliphatic hydroxyl groups is 6. The molecule has 7 aromatic rings. The molecule has 2 saturated heterocycles. The van der Waals surface area contributed by atoms with E-state index in [4.69, 9.17) is 62.1 Å². The molecule has 14 rings (SSSR count). The first-order valence-corrected chi connectivity index (χ1v) is 38.9. The van der Waals surface area contributed by atoms with Crippen molar-refractivity contribution in [3.63, 3.8) is 0 Å². The van der Waals surface area contributed by atoms with E-state index in [1.165, 1.54) is 19.1 Å². The van der Waals surface area contributed by atoms with Gasteiger partial charge >= 0.3 is 11.9 Å². The lowest BCUT2D eigenvalue weighted by molar-refractivity contribution is -0.334. The Morgan fingerprint density at radius 3 is 1.93 bits per heavy atom. The summed E-state index contributed by atoms with van der Waals surface area (Å²) in [7, 11) is 0. The molecule has 632 valence electrons. The summed E-state index contributed by atoms with van der Waals surface area (Å²) >= 11 is 14.3. The fourth-order valence-corrected chi connectivity index (χ4v) is 15.8. The maximum atomic E-state index is 16.3. The van der Waals surface area contributed by atoms with Gasteiger partial charge < -0.3 is 122 Å². The molecule has 7 heterocycles. The number of nitrogens with two attached hydrogens (primary N) is 1. The third-order valence-electron chi connectivity index (χ3n) is 21.7. The van der Waals surface area contributed by atoms with Crippen molar-refractivity contribution in [1.82, 2.24) is 26.6 Å². The average molecular weight is 1690 g/mol. The maximum Gasteiger partial charge on any atom is 0.334 e. The monoisotopic (exact) mass is 1680 g/mol. The molecule has 0 saturated carbocycles. The Kier molecular flexibility index (Phi) is 27.0. The van der Waals surface area contributed by atoms with Gasteiger partial charge in [0.25, 0.3) is 0 Å². The van der Waals surface area contributed by atoms with E-state index < -0.39 is 268 Å². The van der Waals surface area contributed by atoms with Crippen molar-refractivity contribution in [3.8, 4) is 68.2 Å². The molecule has 7 aliphatic heterocycles. The minimum atomic E-state index is -2.28. The number of amides is 5. The summed E-state index contributed by atoms with van der Waals surface area (Å²) in [5, 5.41) is 139. The molecule has 18 N–H and O–H groups in total. The molecule has 119 heavy (non-hydrogen) atoms. The molecule has 7 aliphatic rings. The molecule has 33 nitrogen and oxygen atoms in total. The molecule has 0 spiro atoms. The molecule has 7 aromatic carbocycles. The highest BCUT2D eigenvalue weighted by Crippen LogP contribution is 2.51. The third-order valence-corrected chi connectivity index (χ3v) is 22.3. The normalized spacial score (nSPS) is 27.1. The van der Waals surface area contributed by atoms with Crippen LogP contribution in [0.1, 0.15) is 130 Å². The second-order valence-corrected chi connectivity index (χ2v) is 31.7. The number of ether oxygens (including phenoxy) is 7. The zero-order chi connectivity index (χ0) is 85.9. The van der Waals surface area contributed by atoms with E-state index in [1.54, 1.807) is 26.0 Å². The summed E-state index contributed by atoms with van der Waals surface area (Å²) in [6.07, 6.45) is -23.0. The van der Waals surface area contributed by atoms with Crippen LogP contribution in [0.25, 0.3) is 22.3 Å². The van der Waals surface area contributed by atoms with E-state index in [1.807, 2.05) is 56.3 Å². The van der Waals surface area contributed by atoms with Crippen molar-refractivity contribution in [3.05, 3.63) is 177 Å². The maximum absolute atomic E-state index is 16.3. The highest BCUT2D eigenvalue weighted by molar-refractivity contribution is 6.32. The minimum Gasteiger partial charge on any atom is -0.508 e. The fraction of sp³-hybridized carbons (Fsp3) is 0.393. The van der Waals surface area contributed by atoms with Crippen LogP contribution in [-0.2, 0) is 68.7 Å². The molecular weight excluding hydrogens is 1600 g/mol. The lowest BCUT2D eigenvalue weighted by Crippen LogP contribution is -2.66. The number of phenols is 3. The Morgan fingerprint density at radius 1 is 0.681 bits per heavy atom. The Labute approximate surface area is 690 Å². The van der Waals surface area contributed by atoms with E-state index >= 15 is 19.2 Å². The Balaban J connectivity index is 1.01. The van der Waals surface area contributed by atoms with Crippen LogP contribution in [0.2, 0.25) is 10.0 Å². The Bertz CT molecular complexity index is 5020. The van der Waals surface area contributed by atoms with E-state index in [-0.39, 0.29) is 46.4 Å². The number of aromatic hydroxyl groups is 3. The number of aliphatic hydroxyl groups excluding tert-OH is 6. The van der Waals surface area contributed by atoms with Crippen molar-refractivity contribution in [1.29, 1.82) is 0 Å². The summed E-state index contributed by atoms with van der Waals surface area (Å²) in [5.74, 6) is -21.0. The molecule has 0 aromatic heterocycles. The van der Waals surface area contributed by atoms with Gasteiger partial charge in [-0.1, -0.05) is 117 Å². The number of hydrogen-bond acceptors (Lipinski definition) is 26. The van der Waals surface area contributed by atoms with Crippen LogP contribution in [0, 0.1) is 17.8 Å². The average Bonchev–Trinajstić information content (AvgIpc) is 0.768. The van der Waals surface area contributed by atoms with Crippen molar-refractivity contribution < 1.29 is 132 Å². The number of hydrogen-bond donors (Lipinski definition) is 17. The number of benzene rings is 7. The Morgan fingerprint density at radius 2 is 1.32 bits per heavy atom. The predicted molar refractivity (Wildman–Crippen MR) is 420 cm³/mol. The number of carboxylic acids is 2. The van der Waals surface area contributed by atoms with Crippen LogP contribution in [0.5, 0.6) is 46.0 Å². The van der Waals surface area contributed by atoms with E-state index in [0.717, 1.165) is 77.9 Å². The van der Waals surface area contributed by atoms with Gasteiger partial charge in [0.2, 0.25) is 41.6 Å². The number of carbonyl (C=O) groups is 9. The second kappa shape index (κ2) is 36.8. The van der Waals surface area contributed by atoms with E-state index in [9.17, 15) is 80.1 Å². The highest BCUT2D eigenvalue weighted by atomic mass is 35.5. The zero-order valence-corrected chi connectivity index (χ0v) is 66.1. The summed E-state index contributed by atoms with van der Waals surface area (Å²) in [5.41, 5.74) is 4.24. The van der Waals surface area contributed by atoms with Crippen LogP contribution in [0.3, 0.4) is 0 Å². The molecule has 11 bridgehead atoms. The molecule has 0 aliphatic carbocycles. The van der Waals surface area contributed by atoms with Crippen molar-refractivity contribution in [2.45, 2.75) is 176 Å². The number of carbonyl (C=O) groups excluding carboxylic acids is 7. The first-order valence-electron chi connectivity index (χ1n) is 38.2. The van der Waals surface area contributed by atoms with Crippen LogP contribution < -0.4 is 46.5 Å². The number of aliphatic carboxylic acids is 2. The largest absolute Gasteiger partial charge is 0.508 e. The predicted octanol–water partition coefficient (Wildman–Crippen LogP) is 6.10. The lowest BCUT2D eigenvalue weighted by atomic mass is 9.84. The summed E-state index contributed by atoms with van der Waals surface area (Å²) in [6.45, 7) is 6.73. The van der Waals surface area contributed by atoms with E-state index in [0.29, 0.717) is 12.0 Å². The van der Waals surface area contributed by atoms with Gasteiger partial charge in [-0.3, -0.25) is 33.6 Å². The van der Waals surface area contributed by atoms with Crippen LogP contribution >= 0.6 is 23.2 Å². The Hall–Kier alpha value is -10.9. The van der Waals surface area contributed by atoms with Gasteiger partial charge in [0.1, 0.15) is 77.4 Å². The van der Waals surface area contributed by atoms with Gasteiger partial charge in [0, 0.05) is 66.4 Å². The number of halogens is 2. The summed E-state index contributed by atoms with van der Waals surface area (Å²) < 4.78 is 45.3. The molecular formula is C84H90Cl2N6O27. The van der Waals surface area contributed by atoms with Gasteiger partial charge in [0.05, 0.1) is 47.3 Å². The number of phenolic OH excluding ortho intramolecular Hbond substituents is 3. The molecule has 35 heteroatoms. The van der Waals surface area contributed by atoms with Gasteiger partial charge in [-0.05, 0) is 120 Å². The van der Waals surface area contributed by atoms with Crippen molar-refractivity contribution in [2.75, 3.05) is 13.2 Å². The van der Waals surface area contributed by atoms with Gasteiger partial charge in [-0.25, -0.2) is 9.59 Å². The standard InChI is InChI=1S/C84H90Cl2N6O27/c1-36(2)21-37(3)77(105)91-68-55(97)25-46(28-63(87)99)78(106)89-66-45-26-59(115-57-19-16-43(70(68)100)23-51(57)85)74(119-83-75(73(103)72(102)62(34-93)117-83)118-64-32-84(5,76(104)38(4)114-64)88-33-61(81(109)110)113-35-39-11-13-41(14-12-39)40-9-7-6-8-10-40)60(27-45)116-58-20-17-44(24-52(58)86)71(101)69-80(108)90-67(82(111)112)50-29-47(94)30-54(96)65(50)49-22-42(15-18-53(49)95)48(31-56(66)98)79(107)92-69/h6-20,22-24,26-27,29-30,36-38,46,48,61-62,64,66-73,75-76,83,88,93-96,100-104H,21,25,28,31-35H2,1-5H3,(H2,87,99)(H,89,106)(H,90,108)(H,91,105)(H,92,107)(H,109,110)(H,111,112)/t37-,38?,46+,48?,61?,62?,64?,66-,67?,68?,69+,70-,71-,72?,73?,75?,76?,83?,84?/m1/s1. The van der Waals surface area contributed by atoms with Crippen LogP contribution in [-0.4, -0.2) is 195 Å². The van der Waals surface area contributed by atoms with Crippen molar-refractivity contribution >= 4 is 76.2 Å². The number of ketones is 2. The molecule has 0 radical (unpaired) electrons. The molecule has 19 atom stereocenters. The number of fused-ring (bicyclic) bond motifs is 15. The first kappa shape index (κ1) is 87.4. The van der Waals surface area contributed by atoms with E-state index in [2.05, 4.69) is 26.6 Å². The second-order valence-electron chi connectivity index (χ2n) is 30.9. The molecule has 13 unspecified atom stereocenters. The SMILES string of the molecule is CC(C)C[C@@H](C)C(=O)NC1C(=O)C[C@@H](CC(N)=O)C(=O)N[C@H]2C(=O)CC3C(=O)N[C@H](C(=O)NC(C(=O)O)c4cc(O)cc(O)c4-c4cc3ccc4O)[C@H](O)c3ccc(c(Cl)c3)Oc3cc2cc(c3OC2OC(CO)C(O)C(O)C2OC2CC(C)(NCC(OCc3ccc(-c4ccccc4)cc3)C(=O)O)C(O)C(C)O2)Oc2ccc(cc2Cl)[C@H]1O. The first-order chi connectivity index (χ1) is 56.5. The molecule has 5 amide bonds. The van der Waals surface area contributed by atoms with Gasteiger partial charge in [-0.15, -0.1) is 0 Å². The zero-order valence-electron chi connectivity index (χ0n) is 64.6. The summed E-state index contributed by atoms with van der Waals surface area (Å²) in [6, 6.07) is 22.1. The van der Waals surface area contributed by atoms with Crippen LogP contribution in [0.4, 0.5) is 0 Å². The number of rotatable bonds is 20. The third kappa shape index (κ3) is 19.5. The van der Waals surface area contributed by atoms with Gasteiger partial charge in [-0.2, -0.15) is 0 Å². The number of nitrogens with one attached hydrogen (secondary N) is 5.